The first-order chi connectivity index (χ1) is 55.9. The van der Waals surface area contributed by atoms with E-state index in [1.807, 2.05) is 43.9 Å². The number of aliphatic hydroxyl groups excluding tert-OH is 1. The lowest BCUT2D eigenvalue weighted by Crippen LogP contribution is -2.63. The molecule has 0 aliphatic carbocycles. The maximum atomic E-state index is 16.3. The number of carbonyl (C=O) groups is 13. The van der Waals surface area contributed by atoms with Gasteiger partial charge in [-0.1, -0.05) is 48.5 Å². The monoisotopic (exact) mass is 1630 g/mol. The molecule has 1 aromatic heterocycles. The van der Waals surface area contributed by atoms with Crippen LogP contribution in [0.4, 0.5) is 4.39 Å². The fourth-order valence-corrected chi connectivity index (χ4v) is 15.1. The maximum absolute atomic E-state index is 16.3. The molecule has 2 fully saturated rings. The van der Waals surface area contributed by atoms with Crippen molar-refractivity contribution in [3.8, 4) is 11.5 Å². The van der Waals surface area contributed by atoms with Crippen molar-refractivity contribution in [3.63, 3.8) is 0 Å². The van der Waals surface area contributed by atoms with Crippen LogP contribution in [0.3, 0.4) is 0 Å². The molecule has 5 aliphatic rings. The van der Waals surface area contributed by atoms with Gasteiger partial charge in [-0.25, -0.2) is 4.39 Å². The Hall–Kier alpha value is -10.7. The fourth-order valence-electron chi connectivity index (χ4n) is 15.1. The molecule has 4 aromatic carbocycles. The Morgan fingerprint density at radius 1 is 0.726 bits per heavy atom. The van der Waals surface area contributed by atoms with Crippen molar-refractivity contribution in [3.05, 3.63) is 130 Å². The summed E-state index contributed by atoms with van der Waals surface area (Å²) in [4.78, 5) is 189. The number of ether oxygens (including phenoxy) is 5. The van der Waals surface area contributed by atoms with Gasteiger partial charge in [-0.3, -0.25) is 62.3 Å². The van der Waals surface area contributed by atoms with Crippen molar-refractivity contribution in [1.82, 2.24) is 56.9 Å². The molecule has 0 spiro atoms. The molecule has 10 amide bonds. The number of fused-ring (bicyclic) bond motifs is 11. The van der Waals surface area contributed by atoms with Gasteiger partial charge in [-0.05, 0) is 148 Å². The molecule has 10 N–H and O–H groups in total. The van der Waals surface area contributed by atoms with Gasteiger partial charge < -0.3 is 95.3 Å². The van der Waals surface area contributed by atoms with Gasteiger partial charge in [0.2, 0.25) is 59.1 Å². The van der Waals surface area contributed by atoms with Gasteiger partial charge in [-0.15, -0.1) is 0 Å². The number of likely N-dealkylation sites (N-methyl/N-ethyl adjacent to an activating group) is 1. The van der Waals surface area contributed by atoms with Crippen molar-refractivity contribution in [2.75, 3.05) is 101 Å². The second kappa shape index (κ2) is 42.9. The molecule has 0 saturated carbocycles. The topological polar surface area (TPSA) is 416 Å². The summed E-state index contributed by atoms with van der Waals surface area (Å²) >= 11 is 0. The van der Waals surface area contributed by atoms with E-state index in [1.165, 1.54) is 42.9 Å². The van der Waals surface area contributed by atoms with Crippen LogP contribution in [0.25, 0.3) is 10.9 Å². The van der Waals surface area contributed by atoms with Gasteiger partial charge in [0.1, 0.15) is 72.0 Å². The zero-order valence-corrected chi connectivity index (χ0v) is 67.6. The summed E-state index contributed by atoms with van der Waals surface area (Å²) in [7, 11) is 7.60. The van der Waals surface area contributed by atoms with Crippen LogP contribution in [0.1, 0.15) is 118 Å². The van der Waals surface area contributed by atoms with Crippen LogP contribution < -0.4 is 52.0 Å². The number of nitrogens with one attached hydrogen (secondary N) is 8. The molecule has 10 rings (SSSR count). The summed E-state index contributed by atoms with van der Waals surface area (Å²) in [5.74, 6) is -9.84. The van der Waals surface area contributed by atoms with E-state index in [2.05, 4.69) is 42.5 Å². The van der Waals surface area contributed by atoms with Crippen molar-refractivity contribution >= 4 is 88.0 Å². The minimum atomic E-state index is -1.85. The third kappa shape index (κ3) is 25.9. The Morgan fingerprint density at radius 3 is 2.21 bits per heavy atom. The highest BCUT2D eigenvalue weighted by Crippen LogP contribution is 2.34. The molecule has 32 nitrogen and oxygen atoms in total. The number of benzene rings is 4. The number of quaternary nitrogens is 1. The summed E-state index contributed by atoms with van der Waals surface area (Å²) in [6.45, 7) is 4.94. The van der Waals surface area contributed by atoms with Gasteiger partial charge in [0.05, 0.1) is 79.5 Å². The number of aliphatic hydroxyl groups is 1. The van der Waals surface area contributed by atoms with Crippen LogP contribution in [0.2, 0.25) is 0 Å². The highest BCUT2D eigenvalue weighted by Gasteiger charge is 2.50. The highest BCUT2D eigenvalue weighted by molar-refractivity contribution is 6.00. The number of aromatic nitrogens is 1. The number of hydrogen-bond acceptors (Lipinski definition) is 19. The van der Waals surface area contributed by atoms with E-state index in [0.29, 0.717) is 93.5 Å². The molecule has 0 unspecified atom stereocenters. The predicted octanol–water partition coefficient (Wildman–Crippen LogP) is 1.99. The molecule has 5 aliphatic heterocycles. The number of Topliss-reactive ketones (excluding diaryl/α,β-unsaturated/α-hetero) is 2. The number of ketones is 2. The number of methoxy groups -OCH3 is 1. The van der Waals surface area contributed by atoms with Crippen LogP contribution in [-0.4, -0.2) is 261 Å². The van der Waals surface area contributed by atoms with E-state index in [-0.39, 0.29) is 129 Å². The zero-order chi connectivity index (χ0) is 84.5. The molecular weight excluding hydrogens is 1520 g/mol. The lowest BCUT2D eigenvalue weighted by atomic mass is 9.88. The average Bonchev–Trinajstić information content (AvgIpc) is 1.65. The van der Waals surface area contributed by atoms with Crippen LogP contribution in [0.5, 0.6) is 11.5 Å². The largest absolute Gasteiger partial charge is 0.497 e. The normalized spacial score (nSPS) is 24.0. The number of hydrogen-bond donors (Lipinski definition) is 10. The SMILES string of the molecule is COc1ccc(C[C@@H]2NC(=O)[C@@H]([C@@H](C)O)NC(=O)[C@@H]3[C@@H]4CCN3C(=O)[C@H]3CC(=O)[C@H](Cc5cccc(c5)CNC(=O)CO4)NC(=O)[C@@H](CNC(=O)CCOCCOCC[N+](C)(C)C)NC(=O)[C@H](C)NC(=O)CCC(=O)CCc4ccc(cc4OCCCCn4cc(c5cc(F)ccc54)C3)CCNC(=O)[C@]3(C)CCCN3C2=O)cc1.O=CO. The first-order valence-corrected chi connectivity index (χ1v) is 40.0. The summed E-state index contributed by atoms with van der Waals surface area (Å²) in [5.41, 5.74) is 2.57. The van der Waals surface area contributed by atoms with Crippen molar-refractivity contribution in [2.24, 2.45) is 5.92 Å². The Kier molecular flexibility index (Phi) is 33.1. The molecule has 0 radical (unpaired) electrons. The van der Waals surface area contributed by atoms with E-state index in [1.54, 1.807) is 67.7 Å². The van der Waals surface area contributed by atoms with Crippen LogP contribution in [0, 0.1) is 11.7 Å². The molecule has 117 heavy (non-hydrogen) atoms. The molecule has 2 saturated heterocycles. The Bertz CT molecular complexity index is 4360. The smallest absolute Gasteiger partial charge is 0.290 e. The predicted molar refractivity (Wildman–Crippen MR) is 425 cm³/mol. The number of nitrogens with zero attached hydrogens (tertiary/aromatic N) is 4. The van der Waals surface area contributed by atoms with Crippen molar-refractivity contribution in [1.29, 1.82) is 0 Å². The second-order valence-electron chi connectivity index (χ2n) is 31.6. The van der Waals surface area contributed by atoms with E-state index >= 15 is 33.2 Å². The van der Waals surface area contributed by atoms with Crippen molar-refractivity contribution < 1.29 is 105 Å². The van der Waals surface area contributed by atoms with Crippen LogP contribution in [0.15, 0.2) is 91.1 Å². The lowest BCUT2D eigenvalue weighted by Gasteiger charge is -2.37. The standard InChI is InChI=1S/C83H109FN12O18.CH2O2/c1-51-76(103)91-66(48-87-71(100)28-36-111-38-39-112-37-34-96(4,5)6)77(104)89-64-42-55-12-10-13-56(40-55)47-86-73(102)50-114-69-27-33-94-75(69)79(106)92-74(52(2)97)78(105)90-65(41-53-15-22-62(110-7)23-16-53)81(108)95-32-11-29-83(95,3)82(109)85-30-26-54-14-17-57(18-20-61(98)21-25-72(101)88-51)70(43-54)113-35-9-8-31-93-49-59(44-58(80(94)107)45-68(64)99)63-46-60(84)19-24-67(63)93;2-1-3/h10,12-17,19,22-24,40,43,46,49,51-52,58,64-66,69,74-75,97H,8-9,11,18,20-21,25-39,41-42,44-45,47-48,50H2,1-7H3,(H7-,85,86,87,88,89,90,91,92,100,101,102,103,104,105,106,109);1H,(H,2,3)/p+1/t51-,52+,58+,64-,65-,66+,69-,74+,75-,83-;/m0./s1. The first kappa shape index (κ1) is 90.2. The van der Waals surface area contributed by atoms with Gasteiger partial charge in [-0.2, -0.15) is 0 Å². The van der Waals surface area contributed by atoms with Crippen LogP contribution >= 0.6 is 0 Å². The summed E-state index contributed by atoms with van der Waals surface area (Å²) in [5, 5.41) is 41.0. The Morgan fingerprint density at radius 2 is 1.46 bits per heavy atom. The zero-order valence-electron chi connectivity index (χ0n) is 67.6. The van der Waals surface area contributed by atoms with E-state index in [9.17, 15) is 33.9 Å². The molecule has 11 bridgehead atoms. The number of carbonyl (C=O) groups excluding carboxylic acids is 12. The molecule has 33 heteroatoms. The van der Waals surface area contributed by atoms with Gasteiger partial charge in [0.15, 0.2) is 5.78 Å². The van der Waals surface area contributed by atoms with Gasteiger partial charge in [0.25, 0.3) is 6.47 Å². The van der Waals surface area contributed by atoms with Gasteiger partial charge >= 0.3 is 0 Å². The first-order valence-electron chi connectivity index (χ1n) is 40.0. The quantitative estimate of drug-likeness (QED) is 0.0407. The fraction of sp³-hybridized carbons (Fsp3) is 0.536. The number of amides is 10. The highest BCUT2D eigenvalue weighted by atomic mass is 19.1. The van der Waals surface area contributed by atoms with Crippen LogP contribution in [-0.2, 0) is 122 Å². The molecule has 6 heterocycles. The molecule has 634 valence electrons. The van der Waals surface area contributed by atoms with E-state index in [0.717, 1.165) is 12.1 Å². The molecular formula is C84H112FN12O20+. The van der Waals surface area contributed by atoms with E-state index < -0.39 is 150 Å². The molecule has 10 atom stereocenters. The van der Waals surface area contributed by atoms with Crippen molar-refractivity contribution in [2.45, 2.75) is 184 Å². The Balaban J connectivity index is 0.00000513. The lowest BCUT2D eigenvalue weighted by molar-refractivity contribution is -0.870. The summed E-state index contributed by atoms with van der Waals surface area (Å²) in [6, 6.07) is 13.8. The minimum absolute atomic E-state index is 0.000642. The van der Waals surface area contributed by atoms with Gasteiger partial charge in [0, 0.05) is 101 Å². The number of halogens is 1. The Labute approximate surface area is 679 Å². The number of carboxylic acid groups (broad SMARTS) is 1. The minimum Gasteiger partial charge on any atom is -0.497 e. The summed E-state index contributed by atoms with van der Waals surface area (Å²) in [6.07, 6.45) is -1.22. The number of aryl methyl sites for hydroxylation is 2. The average molecular weight is 1630 g/mol. The summed E-state index contributed by atoms with van der Waals surface area (Å²) < 4.78 is 48.1. The van der Waals surface area contributed by atoms with E-state index in [4.69, 9.17) is 33.6 Å². The molecule has 5 aromatic rings. The third-order valence-corrected chi connectivity index (χ3v) is 21.7. The second-order valence-corrected chi connectivity index (χ2v) is 31.6. The third-order valence-electron chi connectivity index (χ3n) is 21.7. The maximum Gasteiger partial charge on any atom is 0.290 e. The number of rotatable bonds is 15.